The molecule has 0 radical (unpaired) electrons. The highest BCUT2D eigenvalue weighted by molar-refractivity contribution is 7.99. The first kappa shape index (κ1) is 23.4. The van der Waals surface area contributed by atoms with Gasteiger partial charge in [0.25, 0.3) is 5.69 Å². The summed E-state index contributed by atoms with van der Waals surface area (Å²) in [5.74, 6) is 0.463. The van der Waals surface area contributed by atoms with Crippen molar-refractivity contribution >= 4 is 29.3 Å². The van der Waals surface area contributed by atoms with Crippen molar-refractivity contribution in [3.8, 4) is 0 Å². The van der Waals surface area contributed by atoms with E-state index < -0.39 is 11.0 Å². The Bertz CT molecular complexity index is 886. The van der Waals surface area contributed by atoms with Gasteiger partial charge in [-0.2, -0.15) is 0 Å². The van der Waals surface area contributed by atoms with Gasteiger partial charge in [-0.25, -0.2) is 0 Å². The summed E-state index contributed by atoms with van der Waals surface area (Å²) in [6.07, 6.45) is 0. The molecule has 1 N–H and O–H groups in total. The second-order valence-corrected chi connectivity index (χ2v) is 7.98. The molecule has 2 rings (SSSR count). The van der Waals surface area contributed by atoms with E-state index in [0.29, 0.717) is 18.8 Å². The quantitative estimate of drug-likeness (QED) is 0.459. The van der Waals surface area contributed by atoms with Gasteiger partial charge in [0.1, 0.15) is 6.04 Å². The summed E-state index contributed by atoms with van der Waals surface area (Å²) in [7, 11) is 0. The van der Waals surface area contributed by atoms with Gasteiger partial charge in [-0.05, 0) is 31.9 Å². The number of likely N-dealkylation sites (N-methyl/N-ethyl adjacent to an activating group) is 1. The number of nitrogens with zero attached hydrogens (tertiary/aromatic N) is 2. The van der Waals surface area contributed by atoms with E-state index in [4.69, 9.17) is 0 Å². The third-order valence-electron chi connectivity index (χ3n) is 4.60. The summed E-state index contributed by atoms with van der Waals surface area (Å²) in [6.45, 7) is 6.43. The first-order valence-corrected chi connectivity index (χ1v) is 10.9. The largest absolute Gasteiger partial charge is 0.355 e. The summed E-state index contributed by atoms with van der Waals surface area (Å²) in [4.78, 5) is 37.2. The number of benzene rings is 2. The number of non-ortho nitro benzene ring substituents is 1. The summed E-state index contributed by atoms with van der Waals surface area (Å²) in [5.41, 5.74) is 3.01. The van der Waals surface area contributed by atoms with Crippen LogP contribution in [0.4, 0.5) is 5.69 Å². The van der Waals surface area contributed by atoms with Crippen molar-refractivity contribution in [3.05, 3.63) is 75.3 Å². The van der Waals surface area contributed by atoms with Crippen LogP contribution >= 0.6 is 11.8 Å². The highest BCUT2D eigenvalue weighted by Gasteiger charge is 2.25. The van der Waals surface area contributed by atoms with Crippen LogP contribution in [0.2, 0.25) is 0 Å². The smallest absolute Gasteiger partial charge is 0.269 e. The highest BCUT2D eigenvalue weighted by atomic mass is 32.2. The molecule has 0 unspecified atom stereocenters. The van der Waals surface area contributed by atoms with Crippen LogP contribution < -0.4 is 5.32 Å². The lowest BCUT2D eigenvalue weighted by Crippen LogP contribution is -2.48. The van der Waals surface area contributed by atoms with Crippen LogP contribution in [-0.2, 0) is 21.9 Å². The zero-order valence-corrected chi connectivity index (χ0v) is 18.3. The minimum Gasteiger partial charge on any atom is -0.355 e. The molecule has 0 aliphatic rings. The number of nitrogens with one attached hydrogen (secondary N) is 1. The van der Waals surface area contributed by atoms with Crippen molar-refractivity contribution in [2.75, 3.05) is 12.3 Å². The molecule has 0 saturated carbocycles. The Morgan fingerprint density at radius 3 is 2.47 bits per heavy atom. The van der Waals surface area contributed by atoms with Crippen LogP contribution in [0.1, 0.15) is 30.5 Å². The normalized spacial score (nSPS) is 11.6. The van der Waals surface area contributed by atoms with Crippen LogP contribution in [0.5, 0.6) is 0 Å². The van der Waals surface area contributed by atoms with E-state index in [1.165, 1.54) is 23.9 Å². The van der Waals surface area contributed by atoms with E-state index in [0.717, 1.165) is 16.7 Å². The summed E-state index contributed by atoms with van der Waals surface area (Å²) >= 11 is 1.42. The minimum absolute atomic E-state index is 0.0416. The molecule has 160 valence electrons. The Morgan fingerprint density at radius 2 is 1.87 bits per heavy atom. The number of amides is 2. The number of hydrogen-bond donors (Lipinski definition) is 1. The van der Waals surface area contributed by atoms with Crippen LogP contribution in [-0.4, -0.2) is 40.0 Å². The molecule has 0 spiro atoms. The maximum atomic E-state index is 13.0. The molecule has 0 saturated heterocycles. The Kier molecular flexibility index (Phi) is 8.86. The number of nitro benzene ring substituents is 1. The topological polar surface area (TPSA) is 92.6 Å². The fourth-order valence-electron chi connectivity index (χ4n) is 2.96. The molecule has 2 amide bonds. The van der Waals surface area contributed by atoms with Gasteiger partial charge in [-0.1, -0.05) is 42.0 Å². The average molecular weight is 430 g/mol. The number of hydrogen-bond acceptors (Lipinski definition) is 5. The Balaban J connectivity index is 2.03. The second kappa shape index (κ2) is 11.3. The van der Waals surface area contributed by atoms with Gasteiger partial charge < -0.3 is 10.2 Å². The standard InChI is InChI=1S/C22H27N3O4S/c1-4-23-22(27)17(3)24(13-19-7-5-6-16(2)12-19)21(26)15-30-14-18-8-10-20(11-9-18)25(28)29/h5-12,17H,4,13-15H2,1-3H3,(H,23,27)/t17-/m1/s1. The Morgan fingerprint density at radius 1 is 1.17 bits per heavy atom. The second-order valence-electron chi connectivity index (χ2n) is 7.00. The van der Waals surface area contributed by atoms with Gasteiger partial charge in [0.15, 0.2) is 0 Å². The fourth-order valence-corrected chi connectivity index (χ4v) is 3.84. The molecule has 7 nitrogen and oxygen atoms in total. The molecule has 0 aromatic heterocycles. The Hall–Kier alpha value is -2.87. The molecule has 0 fully saturated rings. The maximum Gasteiger partial charge on any atom is 0.269 e. The molecule has 0 heterocycles. The van der Waals surface area contributed by atoms with Gasteiger partial charge in [0.2, 0.25) is 11.8 Å². The van der Waals surface area contributed by atoms with Crippen molar-refractivity contribution < 1.29 is 14.5 Å². The van der Waals surface area contributed by atoms with E-state index >= 15 is 0 Å². The molecule has 2 aromatic carbocycles. The van der Waals surface area contributed by atoms with Crippen LogP contribution in [0, 0.1) is 17.0 Å². The molecule has 1 atom stereocenters. The SMILES string of the molecule is CCNC(=O)[C@@H](C)N(Cc1cccc(C)c1)C(=O)CSCc1ccc([N+](=O)[O-])cc1. The van der Waals surface area contributed by atoms with Crippen molar-refractivity contribution in [1.82, 2.24) is 10.2 Å². The highest BCUT2D eigenvalue weighted by Crippen LogP contribution is 2.19. The number of aryl methyl sites for hydroxylation is 1. The van der Waals surface area contributed by atoms with Crippen molar-refractivity contribution in [1.29, 1.82) is 0 Å². The lowest BCUT2D eigenvalue weighted by Gasteiger charge is -2.28. The lowest BCUT2D eigenvalue weighted by atomic mass is 10.1. The number of nitro groups is 1. The zero-order chi connectivity index (χ0) is 22.1. The molecule has 30 heavy (non-hydrogen) atoms. The molecular weight excluding hydrogens is 402 g/mol. The third kappa shape index (κ3) is 6.88. The van der Waals surface area contributed by atoms with Gasteiger partial charge in [0, 0.05) is 31.0 Å². The number of thioether (sulfide) groups is 1. The molecule has 0 aliphatic carbocycles. The van der Waals surface area contributed by atoms with Crippen LogP contribution in [0.25, 0.3) is 0 Å². The van der Waals surface area contributed by atoms with Gasteiger partial charge in [-0.15, -0.1) is 11.8 Å². The number of rotatable bonds is 10. The average Bonchev–Trinajstić information content (AvgIpc) is 2.72. The predicted octanol–water partition coefficient (Wildman–Crippen LogP) is 3.69. The van der Waals surface area contributed by atoms with Crippen molar-refractivity contribution in [2.24, 2.45) is 0 Å². The first-order chi connectivity index (χ1) is 14.3. The number of carbonyl (C=O) groups is 2. The van der Waals surface area contributed by atoms with E-state index in [9.17, 15) is 19.7 Å². The van der Waals surface area contributed by atoms with E-state index in [-0.39, 0.29) is 23.3 Å². The van der Waals surface area contributed by atoms with Gasteiger partial charge in [0.05, 0.1) is 10.7 Å². The molecule has 0 bridgehead atoms. The van der Waals surface area contributed by atoms with E-state index in [1.54, 1.807) is 24.0 Å². The zero-order valence-electron chi connectivity index (χ0n) is 17.5. The van der Waals surface area contributed by atoms with Crippen molar-refractivity contribution in [3.63, 3.8) is 0 Å². The van der Waals surface area contributed by atoms with Crippen LogP contribution in [0.15, 0.2) is 48.5 Å². The maximum absolute atomic E-state index is 13.0. The van der Waals surface area contributed by atoms with E-state index in [1.807, 2.05) is 38.1 Å². The molecular formula is C22H27N3O4S. The first-order valence-electron chi connectivity index (χ1n) is 9.75. The van der Waals surface area contributed by atoms with E-state index in [2.05, 4.69) is 5.32 Å². The summed E-state index contributed by atoms with van der Waals surface area (Å²) < 4.78 is 0. The minimum atomic E-state index is -0.585. The Labute approximate surface area is 181 Å². The van der Waals surface area contributed by atoms with Gasteiger partial charge in [-0.3, -0.25) is 19.7 Å². The van der Waals surface area contributed by atoms with Gasteiger partial charge >= 0.3 is 0 Å². The van der Waals surface area contributed by atoms with Crippen LogP contribution in [0.3, 0.4) is 0 Å². The predicted molar refractivity (Wildman–Crippen MR) is 119 cm³/mol. The molecule has 8 heteroatoms. The molecule has 2 aromatic rings. The fraction of sp³-hybridized carbons (Fsp3) is 0.364. The third-order valence-corrected chi connectivity index (χ3v) is 5.58. The lowest BCUT2D eigenvalue weighted by molar-refractivity contribution is -0.384. The number of carbonyl (C=O) groups excluding carboxylic acids is 2. The molecule has 0 aliphatic heterocycles. The summed E-state index contributed by atoms with van der Waals surface area (Å²) in [6, 6.07) is 13.6. The summed E-state index contributed by atoms with van der Waals surface area (Å²) in [5, 5.41) is 13.5. The monoisotopic (exact) mass is 429 g/mol. The van der Waals surface area contributed by atoms with Crippen molar-refractivity contribution in [2.45, 2.75) is 39.1 Å².